The van der Waals surface area contributed by atoms with Gasteiger partial charge in [0.15, 0.2) is 0 Å². The van der Waals surface area contributed by atoms with Crippen molar-refractivity contribution in [3.63, 3.8) is 0 Å². The van der Waals surface area contributed by atoms with Crippen molar-refractivity contribution < 1.29 is 13.2 Å². The van der Waals surface area contributed by atoms with Crippen LogP contribution in [0.4, 0.5) is 13.2 Å². The molecule has 0 radical (unpaired) electrons. The van der Waals surface area contributed by atoms with Crippen LogP contribution in [0.5, 0.6) is 0 Å². The molecule has 8 heavy (non-hydrogen) atoms. The summed E-state index contributed by atoms with van der Waals surface area (Å²) in [6, 6.07) is 0. The fraction of sp³-hybridized carbons (Fsp3) is 1.00. The zero-order valence-corrected chi connectivity index (χ0v) is 6.32. The Hall–Kier alpha value is 0.480. The molecule has 0 spiro atoms. The summed E-state index contributed by atoms with van der Waals surface area (Å²) in [7, 11) is 1.37. The van der Waals surface area contributed by atoms with Gasteiger partial charge in [0, 0.05) is 22.9 Å². The number of rotatable bonds is 1. The molecular weight excluding hydrogens is 234 g/mol. The van der Waals surface area contributed by atoms with E-state index in [0.717, 1.165) is 3.11 Å². The third-order valence-corrected chi connectivity index (χ3v) is 0.738. The largest absolute Gasteiger partial charge is 0.402 e. The minimum atomic E-state index is -4.06. The van der Waals surface area contributed by atoms with Gasteiger partial charge in [-0.3, -0.25) is 0 Å². The van der Waals surface area contributed by atoms with Gasteiger partial charge in [-0.25, -0.2) is 3.11 Å². The Balaban J connectivity index is 3.39. The second-order valence-corrected chi connectivity index (χ2v) is 3.03. The van der Waals surface area contributed by atoms with Crippen LogP contribution in [0.3, 0.4) is 0 Å². The standard InChI is InChI=1S/C3H5F3IN/c1-8(7)2-3(4,5)6/h2H2,1H3. The molecule has 0 aliphatic heterocycles. The number of halogens is 4. The van der Waals surface area contributed by atoms with E-state index in [0.29, 0.717) is 0 Å². The van der Waals surface area contributed by atoms with Gasteiger partial charge in [-0.1, -0.05) is 0 Å². The third kappa shape index (κ3) is 6.48. The van der Waals surface area contributed by atoms with E-state index in [1.54, 1.807) is 22.9 Å². The molecule has 0 heterocycles. The van der Waals surface area contributed by atoms with Gasteiger partial charge in [-0.15, -0.1) is 0 Å². The van der Waals surface area contributed by atoms with E-state index in [9.17, 15) is 13.2 Å². The zero-order chi connectivity index (χ0) is 6.78. The quantitative estimate of drug-likeness (QED) is 0.498. The highest BCUT2D eigenvalue weighted by Gasteiger charge is 2.28. The van der Waals surface area contributed by atoms with E-state index < -0.39 is 12.7 Å². The molecule has 0 atom stereocenters. The average Bonchev–Trinajstić information content (AvgIpc) is 1.21. The third-order valence-electron chi connectivity index (χ3n) is 0.397. The summed E-state index contributed by atoms with van der Waals surface area (Å²) in [6.07, 6.45) is -4.06. The molecule has 0 aromatic heterocycles. The highest BCUT2D eigenvalue weighted by molar-refractivity contribution is 14.1. The highest BCUT2D eigenvalue weighted by Crippen LogP contribution is 2.16. The first-order valence-corrected chi connectivity index (χ1v) is 2.82. The van der Waals surface area contributed by atoms with Crippen LogP contribution in [0.25, 0.3) is 0 Å². The highest BCUT2D eigenvalue weighted by atomic mass is 127. The Kier molecular flexibility index (Phi) is 3.03. The number of nitrogens with zero attached hydrogens (tertiary/aromatic N) is 1. The van der Waals surface area contributed by atoms with E-state index >= 15 is 0 Å². The molecule has 0 rings (SSSR count). The predicted molar refractivity (Wildman–Crippen MR) is 32.7 cm³/mol. The van der Waals surface area contributed by atoms with Gasteiger partial charge in [0.1, 0.15) is 6.54 Å². The second kappa shape index (κ2) is 2.86. The summed E-state index contributed by atoms with van der Waals surface area (Å²) >= 11 is 1.58. The van der Waals surface area contributed by atoms with Gasteiger partial charge in [0.25, 0.3) is 0 Å². The van der Waals surface area contributed by atoms with Crippen molar-refractivity contribution in [2.45, 2.75) is 6.18 Å². The maximum atomic E-state index is 11.3. The van der Waals surface area contributed by atoms with Crippen molar-refractivity contribution in [1.82, 2.24) is 3.11 Å². The maximum absolute atomic E-state index is 11.3. The van der Waals surface area contributed by atoms with Gasteiger partial charge in [-0.2, -0.15) is 13.2 Å². The fourth-order valence-corrected chi connectivity index (χ4v) is 0.634. The lowest BCUT2D eigenvalue weighted by Crippen LogP contribution is -2.23. The molecular formula is C3H5F3IN. The molecule has 0 saturated carbocycles. The van der Waals surface area contributed by atoms with Gasteiger partial charge in [0.05, 0.1) is 0 Å². The van der Waals surface area contributed by atoms with Crippen LogP contribution in [0, 0.1) is 0 Å². The monoisotopic (exact) mass is 239 g/mol. The molecule has 5 heteroatoms. The minimum Gasteiger partial charge on any atom is -0.242 e. The number of hydrogen-bond acceptors (Lipinski definition) is 1. The van der Waals surface area contributed by atoms with Crippen molar-refractivity contribution in [2.75, 3.05) is 13.6 Å². The first-order chi connectivity index (χ1) is 3.42. The van der Waals surface area contributed by atoms with Crippen LogP contribution in [0.2, 0.25) is 0 Å². The molecule has 0 bridgehead atoms. The maximum Gasteiger partial charge on any atom is 0.402 e. The van der Waals surface area contributed by atoms with Crippen molar-refractivity contribution in [1.29, 1.82) is 0 Å². The van der Waals surface area contributed by atoms with E-state index in [-0.39, 0.29) is 0 Å². The predicted octanol–water partition coefficient (Wildman–Crippen LogP) is 1.83. The van der Waals surface area contributed by atoms with Crippen LogP contribution in [0.15, 0.2) is 0 Å². The molecule has 0 saturated heterocycles. The lowest BCUT2D eigenvalue weighted by Gasteiger charge is -2.09. The Labute approximate surface area is 59.3 Å². The summed E-state index contributed by atoms with van der Waals surface area (Å²) in [4.78, 5) is 0. The van der Waals surface area contributed by atoms with Gasteiger partial charge >= 0.3 is 6.18 Å². The lowest BCUT2D eigenvalue weighted by atomic mass is 10.6. The summed E-state index contributed by atoms with van der Waals surface area (Å²) in [5.41, 5.74) is 0. The number of hydrogen-bond donors (Lipinski definition) is 0. The summed E-state index contributed by atoms with van der Waals surface area (Å²) in [5.74, 6) is 0. The van der Waals surface area contributed by atoms with E-state index in [2.05, 4.69) is 0 Å². The van der Waals surface area contributed by atoms with E-state index in [1.807, 2.05) is 0 Å². The fourth-order valence-electron chi connectivity index (χ4n) is 0.247. The molecule has 1 nitrogen and oxygen atoms in total. The molecule has 0 unspecified atom stereocenters. The van der Waals surface area contributed by atoms with Crippen LogP contribution in [-0.4, -0.2) is 22.9 Å². The van der Waals surface area contributed by atoms with E-state index in [4.69, 9.17) is 0 Å². The molecule has 0 N–H and O–H groups in total. The minimum absolute atomic E-state index is 0.854. The topological polar surface area (TPSA) is 3.24 Å². The lowest BCUT2D eigenvalue weighted by molar-refractivity contribution is -0.131. The Bertz CT molecular complexity index is 69.4. The summed E-state index contributed by atoms with van der Waals surface area (Å²) in [6.45, 7) is -0.854. The molecule has 0 fully saturated rings. The van der Waals surface area contributed by atoms with E-state index in [1.165, 1.54) is 7.05 Å². The molecule has 0 aliphatic carbocycles. The van der Waals surface area contributed by atoms with Crippen molar-refractivity contribution in [2.24, 2.45) is 0 Å². The average molecular weight is 239 g/mol. The van der Waals surface area contributed by atoms with Crippen molar-refractivity contribution >= 4 is 22.9 Å². The van der Waals surface area contributed by atoms with Crippen LogP contribution < -0.4 is 0 Å². The SMILES string of the molecule is CN(I)CC(F)(F)F. The van der Waals surface area contributed by atoms with Crippen molar-refractivity contribution in [3.05, 3.63) is 0 Å². The Morgan fingerprint density at radius 1 is 1.50 bits per heavy atom. The molecule has 0 aromatic carbocycles. The van der Waals surface area contributed by atoms with Gasteiger partial charge in [0.2, 0.25) is 0 Å². The van der Waals surface area contributed by atoms with Crippen LogP contribution >= 0.6 is 22.9 Å². The normalized spacial score (nSPS) is 12.8. The first-order valence-electron chi connectivity index (χ1n) is 1.85. The Morgan fingerprint density at radius 2 is 1.88 bits per heavy atom. The summed E-state index contributed by atoms with van der Waals surface area (Å²) < 4.78 is 34.8. The van der Waals surface area contributed by atoms with Crippen LogP contribution in [0.1, 0.15) is 0 Å². The van der Waals surface area contributed by atoms with Gasteiger partial charge < -0.3 is 0 Å². The number of alkyl halides is 3. The summed E-state index contributed by atoms with van der Waals surface area (Å²) in [5, 5.41) is 0. The molecule has 0 amide bonds. The molecule has 0 aliphatic rings. The van der Waals surface area contributed by atoms with Gasteiger partial charge in [-0.05, 0) is 7.05 Å². The van der Waals surface area contributed by atoms with Crippen LogP contribution in [-0.2, 0) is 0 Å². The smallest absolute Gasteiger partial charge is 0.242 e. The van der Waals surface area contributed by atoms with Crippen molar-refractivity contribution in [3.8, 4) is 0 Å². The zero-order valence-electron chi connectivity index (χ0n) is 4.17. The molecule has 0 aromatic rings. The Morgan fingerprint density at radius 3 is 1.88 bits per heavy atom. The second-order valence-electron chi connectivity index (χ2n) is 1.38. The first kappa shape index (κ1) is 8.48. The molecule has 50 valence electrons.